The molecule has 1 nitrogen and oxygen atoms in total. The average molecular weight is 425 g/mol. The number of methoxy groups -OCH3 is 1. The minimum absolute atomic E-state index is 0.653. The number of halogens is 2. The topological polar surface area (TPSA) is 9.23 Å². The fraction of sp³-hybridized carbons (Fsp3) is 0.0833. The molecule has 0 amide bonds. The molecule has 0 aromatic heterocycles. The van der Waals surface area contributed by atoms with E-state index in [9.17, 15) is 0 Å². The zero-order chi connectivity index (χ0) is 19.6. The molecule has 140 valence electrons. The Morgan fingerprint density at radius 1 is 0.750 bits per heavy atom. The molecule has 0 fully saturated rings. The molecule has 0 spiro atoms. The number of rotatable bonds is 4. The zero-order valence-corrected chi connectivity index (χ0v) is 17.6. The molecule has 0 aliphatic carbocycles. The third-order valence-electron chi connectivity index (χ3n) is 4.68. The van der Waals surface area contributed by atoms with Crippen LogP contribution >= 0.6 is 35.0 Å². The Hall–Kier alpha value is -1.97. The van der Waals surface area contributed by atoms with E-state index in [0.29, 0.717) is 5.02 Å². The summed E-state index contributed by atoms with van der Waals surface area (Å²) < 4.78 is 6.11. The lowest BCUT2D eigenvalue weighted by Gasteiger charge is -2.34. The van der Waals surface area contributed by atoms with Crippen LogP contribution in [0.25, 0.3) is 10.5 Å². The fourth-order valence-electron chi connectivity index (χ4n) is 3.21. The van der Waals surface area contributed by atoms with E-state index in [1.54, 1.807) is 18.9 Å². The molecule has 3 aromatic rings. The molecule has 4 rings (SSSR count). The third kappa shape index (κ3) is 3.92. The molecule has 1 aliphatic rings. The summed E-state index contributed by atoms with van der Waals surface area (Å²) in [5.41, 5.74) is 4.40. The van der Waals surface area contributed by atoms with Crippen LogP contribution in [0, 0.1) is 0 Å². The summed E-state index contributed by atoms with van der Waals surface area (Å²) in [6, 6.07) is 26.1. The van der Waals surface area contributed by atoms with Crippen LogP contribution in [0.3, 0.4) is 0 Å². The standard InChI is InChI=1S/C24H18Cl2OS/c1-27-24(20-9-13-22(26)14-10-20)16-19(17-5-3-2-4-6-17)15-23(28-24)18-7-11-21(25)12-8-18/h2-16H,1H3. The van der Waals surface area contributed by atoms with Crippen molar-refractivity contribution in [1.82, 2.24) is 0 Å². The first-order valence-electron chi connectivity index (χ1n) is 8.86. The first-order chi connectivity index (χ1) is 13.6. The van der Waals surface area contributed by atoms with Gasteiger partial charge in [-0.25, -0.2) is 0 Å². The van der Waals surface area contributed by atoms with Gasteiger partial charge in [-0.15, -0.1) is 0 Å². The molecule has 0 bridgehead atoms. The van der Waals surface area contributed by atoms with Gasteiger partial charge in [0, 0.05) is 22.1 Å². The van der Waals surface area contributed by atoms with Crippen LogP contribution in [0.5, 0.6) is 0 Å². The summed E-state index contributed by atoms with van der Waals surface area (Å²) in [7, 11) is 1.74. The van der Waals surface area contributed by atoms with E-state index < -0.39 is 4.93 Å². The summed E-state index contributed by atoms with van der Waals surface area (Å²) in [6.45, 7) is 0. The van der Waals surface area contributed by atoms with E-state index in [2.05, 4.69) is 24.3 Å². The summed E-state index contributed by atoms with van der Waals surface area (Å²) >= 11 is 13.9. The SMILES string of the molecule is COC1(c2ccc(Cl)cc2)C=C(c2ccccc2)C=C(c2ccc(Cl)cc2)S1. The lowest BCUT2D eigenvalue weighted by Crippen LogP contribution is -2.24. The van der Waals surface area contributed by atoms with Gasteiger partial charge in [-0.3, -0.25) is 0 Å². The molecule has 1 unspecified atom stereocenters. The maximum absolute atomic E-state index is 6.12. The summed E-state index contributed by atoms with van der Waals surface area (Å²) in [5.74, 6) is 0. The van der Waals surface area contributed by atoms with Crippen molar-refractivity contribution in [2.45, 2.75) is 4.93 Å². The van der Waals surface area contributed by atoms with Crippen molar-refractivity contribution in [2.75, 3.05) is 7.11 Å². The van der Waals surface area contributed by atoms with Gasteiger partial charge in [-0.05, 0) is 58.7 Å². The first-order valence-corrected chi connectivity index (χ1v) is 10.4. The largest absolute Gasteiger partial charge is 0.359 e. The highest BCUT2D eigenvalue weighted by atomic mass is 35.5. The molecule has 0 saturated heterocycles. The Balaban J connectivity index is 1.87. The fourth-order valence-corrected chi connectivity index (χ4v) is 4.75. The van der Waals surface area contributed by atoms with Gasteiger partial charge < -0.3 is 4.74 Å². The van der Waals surface area contributed by atoms with E-state index >= 15 is 0 Å². The van der Waals surface area contributed by atoms with Crippen molar-refractivity contribution in [2.24, 2.45) is 0 Å². The molecule has 3 aromatic carbocycles. The Morgan fingerprint density at radius 3 is 1.96 bits per heavy atom. The number of hydrogen-bond donors (Lipinski definition) is 0. The summed E-state index contributed by atoms with van der Waals surface area (Å²) in [4.78, 5) is 0.467. The molecule has 1 heterocycles. The summed E-state index contributed by atoms with van der Waals surface area (Å²) in [6.07, 6.45) is 4.38. The van der Waals surface area contributed by atoms with Gasteiger partial charge in [-0.1, -0.05) is 89.6 Å². The maximum Gasteiger partial charge on any atom is 0.162 e. The number of ether oxygens (including phenoxy) is 1. The number of benzene rings is 3. The van der Waals surface area contributed by atoms with Gasteiger partial charge in [0.15, 0.2) is 4.93 Å². The van der Waals surface area contributed by atoms with Gasteiger partial charge in [0.05, 0.1) is 0 Å². The molecule has 1 atom stereocenters. The number of thioether (sulfide) groups is 1. The van der Waals surface area contributed by atoms with Crippen LogP contribution in [0.1, 0.15) is 16.7 Å². The molecule has 4 heteroatoms. The van der Waals surface area contributed by atoms with Gasteiger partial charge in [0.1, 0.15) is 0 Å². The van der Waals surface area contributed by atoms with Gasteiger partial charge >= 0.3 is 0 Å². The minimum atomic E-state index is -0.653. The van der Waals surface area contributed by atoms with Crippen LogP contribution in [0.4, 0.5) is 0 Å². The Bertz CT molecular complexity index is 1020. The van der Waals surface area contributed by atoms with Crippen LogP contribution in [0.2, 0.25) is 10.0 Å². The zero-order valence-electron chi connectivity index (χ0n) is 15.2. The van der Waals surface area contributed by atoms with Crippen molar-refractivity contribution >= 4 is 45.4 Å². The van der Waals surface area contributed by atoms with Crippen molar-refractivity contribution in [3.8, 4) is 0 Å². The molecule has 1 aliphatic heterocycles. The van der Waals surface area contributed by atoms with Crippen LogP contribution in [-0.4, -0.2) is 7.11 Å². The Morgan fingerprint density at radius 2 is 1.36 bits per heavy atom. The predicted octanol–water partition coefficient (Wildman–Crippen LogP) is 7.66. The number of hydrogen-bond acceptors (Lipinski definition) is 2. The average Bonchev–Trinajstić information content (AvgIpc) is 2.75. The summed E-state index contributed by atoms with van der Waals surface area (Å²) in [5, 5.41) is 1.43. The Kier molecular flexibility index (Phi) is 5.65. The van der Waals surface area contributed by atoms with E-state index in [1.165, 1.54) is 0 Å². The second-order valence-corrected chi connectivity index (χ2v) is 8.59. The monoisotopic (exact) mass is 424 g/mol. The van der Waals surface area contributed by atoms with Crippen molar-refractivity contribution in [1.29, 1.82) is 0 Å². The van der Waals surface area contributed by atoms with E-state index in [-0.39, 0.29) is 0 Å². The van der Waals surface area contributed by atoms with Crippen LogP contribution in [0.15, 0.2) is 91.0 Å². The van der Waals surface area contributed by atoms with Crippen molar-refractivity contribution in [3.05, 3.63) is 118 Å². The van der Waals surface area contributed by atoms with Crippen molar-refractivity contribution < 1.29 is 4.74 Å². The first kappa shape index (κ1) is 19.4. The highest BCUT2D eigenvalue weighted by molar-refractivity contribution is 8.09. The van der Waals surface area contributed by atoms with E-state index in [0.717, 1.165) is 32.2 Å². The lowest BCUT2D eigenvalue weighted by atomic mass is 9.98. The predicted molar refractivity (Wildman–Crippen MR) is 122 cm³/mol. The molecular formula is C24H18Cl2OS. The van der Waals surface area contributed by atoms with Crippen LogP contribution in [-0.2, 0) is 9.67 Å². The second-order valence-electron chi connectivity index (χ2n) is 6.46. The highest BCUT2D eigenvalue weighted by Crippen LogP contribution is 2.52. The Labute approximate surface area is 179 Å². The van der Waals surface area contributed by atoms with Gasteiger partial charge in [-0.2, -0.15) is 0 Å². The van der Waals surface area contributed by atoms with Crippen molar-refractivity contribution in [3.63, 3.8) is 0 Å². The van der Waals surface area contributed by atoms with E-state index in [1.807, 2.05) is 66.7 Å². The van der Waals surface area contributed by atoms with Gasteiger partial charge in [0.25, 0.3) is 0 Å². The molecular weight excluding hydrogens is 407 g/mol. The third-order valence-corrected chi connectivity index (χ3v) is 6.58. The number of allylic oxidation sites excluding steroid dienone is 2. The minimum Gasteiger partial charge on any atom is -0.359 e. The second kappa shape index (κ2) is 8.18. The van der Waals surface area contributed by atoms with Gasteiger partial charge in [0.2, 0.25) is 0 Å². The quantitative estimate of drug-likeness (QED) is 0.424. The maximum atomic E-state index is 6.12. The molecule has 0 saturated carbocycles. The lowest BCUT2D eigenvalue weighted by molar-refractivity contribution is 0.112. The van der Waals surface area contributed by atoms with Crippen LogP contribution < -0.4 is 0 Å². The molecule has 28 heavy (non-hydrogen) atoms. The normalized spacial score (nSPS) is 19.1. The smallest absolute Gasteiger partial charge is 0.162 e. The molecule has 0 N–H and O–H groups in total. The molecule has 0 radical (unpaired) electrons. The van der Waals surface area contributed by atoms with E-state index in [4.69, 9.17) is 27.9 Å². The highest BCUT2D eigenvalue weighted by Gasteiger charge is 2.35.